The first-order valence-electron chi connectivity index (χ1n) is 11.8. The van der Waals surface area contributed by atoms with Gasteiger partial charge in [-0.1, -0.05) is 6.07 Å². The quantitative estimate of drug-likeness (QED) is 0.631. The highest BCUT2D eigenvalue weighted by Crippen LogP contribution is 2.24. The van der Waals surface area contributed by atoms with Gasteiger partial charge in [-0.05, 0) is 74.0 Å². The molecule has 2 aliphatic rings. The van der Waals surface area contributed by atoms with E-state index in [0.29, 0.717) is 18.2 Å². The fraction of sp³-hybridized carbons (Fsp3) is 0.423. The van der Waals surface area contributed by atoms with E-state index in [9.17, 15) is 10.1 Å². The molecule has 0 unspecified atom stereocenters. The van der Waals surface area contributed by atoms with Gasteiger partial charge in [0.25, 0.3) is 5.56 Å². The number of ether oxygens (including phenoxy) is 1. The van der Waals surface area contributed by atoms with Crippen molar-refractivity contribution in [2.75, 3.05) is 26.2 Å². The van der Waals surface area contributed by atoms with Gasteiger partial charge in [0.15, 0.2) is 0 Å². The van der Waals surface area contributed by atoms with E-state index >= 15 is 0 Å². The smallest absolute Gasteiger partial charge is 0.251 e. The predicted molar refractivity (Wildman–Crippen MR) is 127 cm³/mol. The van der Waals surface area contributed by atoms with Crippen LogP contribution < -0.4 is 15.6 Å². The van der Waals surface area contributed by atoms with E-state index in [1.54, 1.807) is 16.7 Å². The molecule has 0 atom stereocenters. The SMILES string of the molecule is N#Cc1ccc2ccc(=O)n(CCN3CCC(NCc4cc5c(cn4)OCCC5)CC3)c2c1. The van der Waals surface area contributed by atoms with Crippen molar-refractivity contribution in [1.82, 2.24) is 19.8 Å². The molecule has 170 valence electrons. The lowest BCUT2D eigenvalue weighted by Gasteiger charge is -2.32. The van der Waals surface area contributed by atoms with Crippen molar-refractivity contribution in [3.05, 3.63) is 69.8 Å². The van der Waals surface area contributed by atoms with Crippen LogP contribution in [0.25, 0.3) is 10.9 Å². The Kier molecular flexibility index (Phi) is 6.38. The molecule has 0 aliphatic carbocycles. The Morgan fingerprint density at radius 3 is 2.85 bits per heavy atom. The summed E-state index contributed by atoms with van der Waals surface area (Å²) in [7, 11) is 0. The number of nitrogens with zero attached hydrogens (tertiary/aromatic N) is 4. The number of pyridine rings is 2. The number of hydrogen-bond donors (Lipinski definition) is 1. The summed E-state index contributed by atoms with van der Waals surface area (Å²) in [5.41, 5.74) is 3.75. The van der Waals surface area contributed by atoms with Crippen LogP contribution in [-0.2, 0) is 19.5 Å². The zero-order valence-corrected chi connectivity index (χ0v) is 18.8. The molecule has 4 heterocycles. The van der Waals surface area contributed by atoms with Gasteiger partial charge in [0.05, 0.1) is 35.6 Å². The molecule has 0 radical (unpaired) electrons. The Hall–Kier alpha value is -3.21. The molecule has 3 aromatic rings. The number of nitrogens with one attached hydrogen (secondary N) is 1. The largest absolute Gasteiger partial charge is 0.492 e. The van der Waals surface area contributed by atoms with Crippen molar-refractivity contribution in [2.24, 2.45) is 0 Å². The van der Waals surface area contributed by atoms with Crippen LogP contribution in [0.5, 0.6) is 5.75 Å². The fourth-order valence-corrected chi connectivity index (χ4v) is 4.84. The van der Waals surface area contributed by atoms with Crippen molar-refractivity contribution in [3.8, 4) is 11.8 Å². The van der Waals surface area contributed by atoms with Gasteiger partial charge in [-0.25, -0.2) is 0 Å². The van der Waals surface area contributed by atoms with Crippen molar-refractivity contribution in [2.45, 2.75) is 44.8 Å². The van der Waals surface area contributed by atoms with E-state index in [1.807, 2.05) is 24.4 Å². The molecule has 7 heteroatoms. The second-order valence-corrected chi connectivity index (χ2v) is 8.94. The fourth-order valence-electron chi connectivity index (χ4n) is 4.84. The summed E-state index contributed by atoms with van der Waals surface area (Å²) in [5, 5.41) is 13.9. The number of fused-ring (bicyclic) bond motifs is 2. The Balaban J connectivity index is 1.14. The number of rotatable bonds is 6. The van der Waals surface area contributed by atoms with E-state index < -0.39 is 0 Å². The minimum absolute atomic E-state index is 0.0166. The van der Waals surface area contributed by atoms with Crippen LogP contribution in [0.4, 0.5) is 0 Å². The van der Waals surface area contributed by atoms with Crippen LogP contribution in [-0.4, -0.2) is 46.7 Å². The summed E-state index contributed by atoms with van der Waals surface area (Å²) >= 11 is 0. The number of aryl methyl sites for hydroxylation is 1. The molecule has 5 rings (SSSR count). The Morgan fingerprint density at radius 1 is 1.15 bits per heavy atom. The van der Waals surface area contributed by atoms with Gasteiger partial charge in [-0.2, -0.15) is 5.26 Å². The third kappa shape index (κ3) is 4.92. The number of benzene rings is 1. The number of hydrogen-bond acceptors (Lipinski definition) is 6. The summed E-state index contributed by atoms with van der Waals surface area (Å²) in [6, 6.07) is 13.8. The zero-order chi connectivity index (χ0) is 22.6. The van der Waals surface area contributed by atoms with Gasteiger partial charge in [-0.15, -0.1) is 0 Å². The number of nitriles is 1. The summed E-state index contributed by atoms with van der Waals surface area (Å²) in [6.45, 7) is 5.04. The maximum atomic E-state index is 12.5. The molecular weight excluding hydrogens is 414 g/mol. The lowest BCUT2D eigenvalue weighted by molar-refractivity contribution is 0.191. The molecule has 1 saturated heterocycles. The number of piperidine rings is 1. The minimum atomic E-state index is -0.0166. The van der Waals surface area contributed by atoms with Crippen LogP contribution in [0.3, 0.4) is 0 Å². The Morgan fingerprint density at radius 2 is 2.00 bits per heavy atom. The molecule has 7 nitrogen and oxygen atoms in total. The molecular formula is C26H29N5O2. The van der Waals surface area contributed by atoms with Gasteiger partial charge in [0.2, 0.25) is 0 Å². The van der Waals surface area contributed by atoms with Crippen LogP contribution in [0, 0.1) is 11.3 Å². The molecule has 2 aliphatic heterocycles. The average molecular weight is 444 g/mol. The highest BCUT2D eigenvalue weighted by Gasteiger charge is 2.19. The van der Waals surface area contributed by atoms with Crippen molar-refractivity contribution in [1.29, 1.82) is 5.26 Å². The lowest BCUT2D eigenvalue weighted by atomic mass is 10.0. The molecule has 2 aromatic heterocycles. The maximum absolute atomic E-state index is 12.5. The van der Waals surface area contributed by atoms with Crippen LogP contribution in [0.2, 0.25) is 0 Å². The second-order valence-electron chi connectivity index (χ2n) is 8.94. The summed E-state index contributed by atoms with van der Waals surface area (Å²) in [6.07, 6.45) is 6.17. The minimum Gasteiger partial charge on any atom is -0.492 e. The molecule has 0 amide bonds. The van der Waals surface area contributed by atoms with Crippen LogP contribution in [0.15, 0.2) is 47.4 Å². The maximum Gasteiger partial charge on any atom is 0.251 e. The predicted octanol–water partition coefficient (Wildman–Crippen LogP) is 2.85. The van der Waals surface area contributed by atoms with E-state index in [4.69, 9.17) is 4.74 Å². The van der Waals surface area contributed by atoms with Gasteiger partial charge in [0, 0.05) is 31.7 Å². The normalized spacial score (nSPS) is 16.8. The van der Waals surface area contributed by atoms with E-state index in [0.717, 1.165) is 80.8 Å². The van der Waals surface area contributed by atoms with E-state index in [2.05, 4.69) is 27.3 Å². The average Bonchev–Trinajstić information content (AvgIpc) is 2.87. The zero-order valence-electron chi connectivity index (χ0n) is 18.8. The first kappa shape index (κ1) is 21.6. The molecule has 0 bridgehead atoms. The number of aromatic nitrogens is 2. The highest BCUT2D eigenvalue weighted by atomic mass is 16.5. The van der Waals surface area contributed by atoms with Crippen molar-refractivity contribution >= 4 is 10.9 Å². The van der Waals surface area contributed by atoms with Gasteiger partial charge < -0.3 is 19.5 Å². The molecule has 0 saturated carbocycles. The highest BCUT2D eigenvalue weighted by molar-refractivity contribution is 5.80. The van der Waals surface area contributed by atoms with Crippen LogP contribution in [0.1, 0.15) is 36.1 Å². The van der Waals surface area contributed by atoms with Crippen molar-refractivity contribution in [3.63, 3.8) is 0 Å². The number of likely N-dealkylation sites (tertiary alicyclic amines) is 1. The van der Waals surface area contributed by atoms with Gasteiger partial charge >= 0.3 is 0 Å². The summed E-state index contributed by atoms with van der Waals surface area (Å²) in [5.74, 6) is 0.937. The Labute approximate surface area is 193 Å². The van der Waals surface area contributed by atoms with Gasteiger partial charge in [0.1, 0.15) is 5.75 Å². The second kappa shape index (κ2) is 9.74. The first-order valence-corrected chi connectivity index (χ1v) is 11.8. The molecule has 0 spiro atoms. The van der Waals surface area contributed by atoms with Gasteiger partial charge in [-0.3, -0.25) is 9.78 Å². The lowest BCUT2D eigenvalue weighted by Crippen LogP contribution is -2.43. The summed E-state index contributed by atoms with van der Waals surface area (Å²) < 4.78 is 7.46. The molecule has 1 fully saturated rings. The van der Waals surface area contributed by atoms with Crippen molar-refractivity contribution < 1.29 is 4.74 Å². The third-order valence-corrected chi connectivity index (χ3v) is 6.77. The summed E-state index contributed by atoms with van der Waals surface area (Å²) in [4.78, 5) is 19.5. The van der Waals surface area contributed by atoms with E-state index in [1.165, 1.54) is 5.56 Å². The Bertz CT molecular complexity index is 1240. The topological polar surface area (TPSA) is 83.2 Å². The molecule has 1 N–H and O–H groups in total. The monoisotopic (exact) mass is 443 g/mol. The third-order valence-electron chi connectivity index (χ3n) is 6.77. The first-order chi connectivity index (χ1) is 16.2. The standard InChI is InChI=1S/C26H29N5O2/c27-16-19-3-4-20-5-6-26(32)31(24(20)14-19)12-11-30-9-7-22(8-10-30)28-17-23-15-21-2-1-13-33-25(21)18-29-23/h3-6,14-15,18,22,28H,1-2,7-13,17H2. The molecule has 33 heavy (non-hydrogen) atoms. The van der Waals surface area contributed by atoms with E-state index in [-0.39, 0.29) is 5.56 Å². The molecule has 1 aromatic carbocycles. The van der Waals surface area contributed by atoms with Crippen LogP contribution >= 0.6 is 0 Å².